The minimum absolute atomic E-state index is 0.138. The van der Waals surface area contributed by atoms with E-state index in [0.717, 1.165) is 16.3 Å². The number of benzene rings is 3. The molecule has 2 N–H and O–H groups in total. The number of aromatic hydroxyl groups is 1. The van der Waals surface area contributed by atoms with Crippen molar-refractivity contribution >= 4 is 27.5 Å². The molecule has 3 aromatic carbocycles. The first-order chi connectivity index (χ1) is 9.11. The van der Waals surface area contributed by atoms with Crippen molar-refractivity contribution in [1.82, 2.24) is 0 Å². The minimum Gasteiger partial charge on any atom is -0.507 e. The third-order valence-electron chi connectivity index (χ3n) is 3.51. The van der Waals surface area contributed by atoms with Crippen LogP contribution in [0.2, 0.25) is 0 Å². The van der Waals surface area contributed by atoms with Crippen LogP contribution in [0.15, 0.2) is 42.5 Å². The molecule has 0 amide bonds. The van der Waals surface area contributed by atoms with E-state index < -0.39 is 5.97 Å². The lowest BCUT2D eigenvalue weighted by molar-refractivity contribution is 0.0699. The summed E-state index contributed by atoms with van der Waals surface area (Å²) in [7, 11) is 0. The average molecular weight is 252 g/mol. The van der Waals surface area contributed by atoms with Crippen LogP contribution in [0, 0.1) is 6.92 Å². The summed E-state index contributed by atoms with van der Waals surface area (Å²) in [6, 6.07) is 12.4. The van der Waals surface area contributed by atoms with Crippen molar-refractivity contribution in [3.63, 3.8) is 0 Å². The Morgan fingerprint density at radius 2 is 1.58 bits per heavy atom. The number of phenolic OH excluding ortho intramolecular Hbond substituents is 1. The van der Waals surface area contributed by atoms with Crippen LogP contribution in [0.1, 0.15) is 15.9 Å². The van der Waals surface area contributed by atoms with E-state index in [9.17, 15) is 15.0 Å². The van der Waals surface area contributed by atoms with Crippen molar-refractivity contribution in [2.45, 2.75) is 6.92 Å². The number of aryl methyl sites for hydroxylation is 1. The molecule has 0 aliphatic carbocycles. The molecule has 3 rings (SSSR count). The summed E-state index contributed by atoms with van der Waals surface area (Å²) in [6.07, 6.45) is 0. The topological polar surface area (TPSA) is 57.5 Å². The number of aromatic carboxylic acids is 1. The van der Waals surface area contributed by atoms with E-state index in [1.54, 1.807) is 18.2 Å². The molecule has 0 bridgehead atoms. The molecule has 3 nitrogen and oxygen atoms in total. The molecule has 0 fully saturated rings. The molecule has 0 spiro atoms. The fourth-order valence-corrected chi connectivity index (χ4v) is 2.63. The van der Waals surface area contributed by atoms with Crippen LogP contribution in [0.5, 0.6) is 5.75 Å². The molecule has 0 saturated carbocycles. The molecular weight excluding hydrogens is 240 g/mol. The predicted molar refractivity (Wildman–Crippen MR) is 74.8 cm³/mol. The summed E-state index contributed by atoms with van der Waals surface area (Å²) in [5.41, 5.74) is 1.09. The van der Waals surface area contributed by atoms with Gasteiger partial charge in [-0.2, -0.15) is 0 Å². The van der Waals surface area contributed by atoms with Gasteiger partial charge in [-0.1, -0.05) is 36.4 Å². The van der Waals surface area contributed by atoms with Gasteiger partial charge in [-0.15, -0.1) is 0 Å². The van der Waals surface area contributed by atoms with E-state index in [4.69, 9.17) is 0 Å². The number of carbonyl (C=O) groups is 1. The van der Waals surface area contributed by atoms with Gasteiger partial charge in [0.2, 0.25) is 0 Å². The SMILES string of the molecule is Cc1c2ccccc2c(O)c2cccc(C(=O)O)c12. The van der Waals surface area contributed by atoms with Gasteiger partial charge in [0, 0.05) is 16.2 Å². The Labute approximate surface area is 109 Å². The zero-order valence-electron chi connectivity index (χ0n) is 10.3. The fraction of sp³-hybridized carbons (Fsp3) is 0.0625. The first-order valence-corrected chi connectivity index (χ1v) is 5.97. The summed E-state index contributed by atoms with van der Waals surface area (Å²) in [6.45, 7) is 1.89. The summed E-state index contributed by atoms with van der Waals surface area (Å²) >= 11 is 0. The molecular formula is C16H12O3. The van der Waals surface area contributed by atoms with E-state index >= 15 is 0 Å². The Bertz CT molecular complexity index is 819. The number of carboxylic acids is 1. The van der Waals surface area contributed by atoms with Crippen molar-refractivity contribution in [1.29, 1.82) is 0 Å². The van der Waals surface area contributed by atoms with Gasteiger partial charge in [0.05, 0.1) is 5.56 Å². The highest BCUT2D eigenvalue weighted by atomic mass is 16.4. The van der Waals surface area contributed by atoms with Crippen LogP contribution in [0.3, 0.4) is 0 Å². The fourth-order valence-electron chi connectivity index (χ4n) is 2.63. The Kier molecular flexibility index (Phi) is 2.42. The second-order valence-electron chi connectivity index (χ2n) is 4.55. The van der Waals surface area contributed by atoms with Crippen molar-refractivity contribution in [3.8, 4) is 5.75 Å². The van der Waals surface area contributed by atoms with Gasteiger partial charge in [0.1, 0.15) is 5.75 Å². The second kappa shape index (κ2) is 3.99. The molecule has 94 valence electrons. The largest absolute Gasteiger partial charge is 0.507 e. The molecule has 0 radical (unpaired) electrons. The van der Waals surface area contributed by atoms with Gasteiger partial charge in [0.25, 0.3) is 0 Å². The highest BCUT2D eigenvalue weighted by Gasteiger charge is 2.16. The minimum atomic E-state index is -0.983. The van der Waals surface area contributed by atoms with Gasteiger partial charge in [-0.25, -0.2) is 4.79 Å². The van der Waals surface area contributed by atoms with Crippen LogP contribution in [-0.4, -0.2) is 16.2 Å². The quantitative estimate of drug-likeness (QED) is 0.649. The van der Waals surface area contributed by atoms with E-state index in [1.165, 1.54) is 0 Å². The lowest BCUT2D eigenvalue weighted by atomic mass is 9.93. The smallest absolute Gasteiger partial charge is 0.336 e. The van der Waals surface area contributed by atoms with Crippen LogP contribution in [-0.2, 0) is 0 Å². The standard InChI is InChI=1S/C16H12O3/c1-9-10-5-2-3-6-11(10)15(17)12-7-4-8-13(14(9)12)16(18)19/h2-8,17H,1H3,(H,18,19). The zero-order chi connectivity index (χ0) is 13.6. The summed E-state index contributed by atoms with van der Waals surface area (Å²) in [5, 5.41) is 22.4. The van der Waals surface area contributed by atoms with Crippen molar-refractivity contribution < 1.29 is 15.0 Å². The van der Waals surface area contributed by atoms with Crippen LogP contribution < -0.4 is 0 Å². The van der Waals surface area contributed by atoms with Crippen LogP contribution >= 0.6 is 0 Å². The van der Waals surface area contributed by atoms with Gasteiger partial charge >= 0.3 is 5.97 Å². The Hall–Kier alpha value is -2.55. The number of fused-ring (bicyclic) bond motifs is 2. The van der Waals surface area contributed by atoms with Crippen molar-refractivity contribution in [2.75, 3.05) is 0 Å². The Morgan fingerprint density at radius 3 is 2.26 bits per heavy atom. The van der Waals surface area contributed by atoms with Crippen LogP contribution in [0.4, 0.5) is 0 Å². The Balaban J connectivity index is 2.64. The van der Waals surface area contributed by atoms with E-state index in [-0.39, 0.29) is 11.3 Å². The third-order valence-corrected chi connectivity index (χ3v) is 3.51. The van der Waals surface area contributed by atoms with E-state index in [0.29, 0.717) is 10.8 Å². The van der Waals surface area contributed by atoms with Crippen LogP contribution in [0.25, 0.3) is 21.5 Å². The number of hydrogen-bond acceptors (Lipinski definition) is 2. The highest BCUT2D eigenvalue weighted by molar-refractivity contribution is 6.14. The zero-order valence-corrected chi connectivity index (χ0v) is 10.3. The lowest BCUT2D eigenvalue weighted by Gasteiger charge is -2.12. The molecule has 0 aromatic heterocycles. The van der Waals surface area contributed by atoms with Gasteiger partial charge in [-0.05, 0) is 23.9 Å². The molecule has 0 aliphatic rings. The molecule has 0 heterocycles. The van der Waals surface area contributed by atoms with E-state index in [2.05, 4.69) is 0 Å². The summed E-state index contributed by atoms with van der Waals surface area (Å²) in [4.78, 5) is 11.3. The molecule has 19 heavy (non-hydrogen) atoms. The highest BCUT2D eigenvalue weighted by Crippen LogP contribution is 2.38. The second-order valence-corrected chi connectivity index (χ2v) is 4.55. The van der Waals surface area contributed by atoms with Gasteiger partial charge in [0.15, 0.2) is 0 Å². The summed E-state index contributed by atoms with van der Waals surface area (Å²) in [5.74, 6) is -0.845. The van der Waals surface area contributed by atoms with Gasteiger partial charge in [-0.3, -0.25) is 0 Å². The molecule has 0 atom stereocenters. The molecule has 0 aliphatic heterocycles. The number of phenols is 1. The maximum Gasteiger partial charge on any atom is 0.336 e. The normalized spacial score (nSPS) is 11.0. The number of hydrogen-bond donors (Lipinski definition) is 2. The lowest BCUT2D eigenvalue weighted by Crippen LogP contribution is -1.99. The monoisotopic (exact) mass is 252 g/mol. The first-order valence-electron chi connectivity index (χ1n) is 5.97. The summed E-state index contributed by atoms with van der Waals surface area (Å²) < 4.78 is 0. The number of rotatable bonds is 1. The Morgan fingerprint density at radius 1 is 0.947 bits per heavy atom. The first kappa shape index (κ1) is 11.5. The molecule has 0 unspecified atom stereocenters. The molecule has 3 heteroatoms. The molecule has 3 aromatic rings. The molecule has 0 saturated heterocycles. The average Bonchev–Trinajstić information content (AvgIpc) is 2.44. The van der Waals surface area contributed by atoms with Crippen molar-refractivity contribution in [3.05, 3.63) is 53.6 Å². The van der Waals surface area contributed by atoms with Gasteiger partial charge < -0.3 is 10.2 Å². The predicted octanol–water partition coefficient (Wildman–Crippen LogP) is 3.71. The van der Waals surface area contributed by atoms with E-state index in [1.807, 2.05) is 31.2 Å². The van der Waals surface area contributed by atoms with Crippen molar-refractivity contribution in [2.24, 2.45) is 0 Å². The maximum atomic E-state index is 11.3. The number of carboxylic acid groups (broad SMARTS) is 1. The maximum absolute atomic E-state index is 11.3. The third kappa shape index (κ3) is 1.55.